The fraction of sp³-hybridized carbons (Fsp3) is 0.429. The van der Waals surface area contributed by atoms with E-state index in [4.69, 9.17) is 10.00 Å². The Morgan fingerprint density at radius 3 is 3.00 bits per heavy atom. The summed E-state index contributed by atoms with van der Waals surface area (Å²) < 4.78 is 7.41. The predicted octanol–water partition coefficient (Wildman–Crippen LogP) is 2.41. The molecular formula is C14H17N3O. The van der Waals surface area contributed by atoms with Crippen LogP contribution in [0.5, 0.6) is 0 Å². The number of ether oxygens (including phenoxy) is 1. The van der Waals surface area contributed by atoms with Gasteiger partial charge in [-0.3, -0.25) is 0 Å². The number of hydrogen-bond donors (Lipinski definition) is 0. The molecule has 1 aromatic carbocycles. The van der Waals surface area contributed by atoms with Crippen LogP contribution in [-0.4, -0.2) is 22.8 Å². The Morgan fingerprint density at radius 2 is 2.28 bits per heavy atom. The van der Waals surface area contributed by atoms with E-state index in [2.05, 4.69) is 15.6 Å². The third-order valence-corrected chi connectivity index (χ3v) is 3.00. The molecule has 94 valence electrons. The van der Waals surface area contributed by atoms with Crippen LogP contribution in [0.4, 0.5) is 0 Å². The van der Waals surface area contributed by atoms with Gasteiger partial charge in [-0.05, 0) is 31.5 Å². The summed E-state index contributed by atoms with van der Waals surface area (Å²) in [5.41, 5.74) is 2.62. The summed E-state index contributed by atoms with van der Waals surface area (Å²) >= 11 is 0. The first-order chi connectivity index (χ1) is 8.76. The maximum absolute atomic E-state index is 8.87. The van der Waals surface area contributed by atoms with E-state index in [9.17, 15) is 0 Å². The molecule has 0 aliphatic heterocycles. The lowest BCUT2D eigenvalue weighted by Gasteiger charge is -2.02. The molecular weight excluding hydrogens is 226 g/mol. The highest BCUT2D eigenvalue weighted by Gasteiger charge is 2.07. The van der Waals surface area contributed by atoms with Crippen molar-refractivity contribution >= 4 is 11.0 Å². The summed E-state index contributed by atoms with van der Waals surface area (Å²) in [6, 6.07) is 7.75. The van der Waals surface area contributed by atoms with Gasteiger partial charge in [0, 0.05) is 26.7 Å². The highest BCUT2D eigenvalue weighted by atomic mass is 16.5. The molecule has 0 fully saturated rings. The molecule has 2 aromatic rings. The smallest absolute Gasteiger partial charge is 0.109 e. The van der Waals surface area contributed by atoms with Crippen LogP contribution in [0.25, 0.3) is 11.0 Å². The lowest BCUT2D eigenvalue weighted by Crippen LogP contribution is -2.01. The molecule has 0 unspecified atom stereocenters. The van der Waals surface area contributed by atoms with E-state index >= 15 is 0 Å². The minimum atomic E-state index is 0.654. The van der Waals surface area contributed by atoms with Crippen LogP contribution < -0.4 is 0 Å². The van der Waals surface area contributed by atoms with Crippen LogP contribution in [-0.2, 0) is 18.2 Å². The van der Waals surface area contributed by atoms with Gasteiger partial charge in [0.05, 0.1) is 22.7 Å². The lowest BCUT2D eigenvalue weighted by atomic mass is 10.2. The Balaban J connectivity index is 2.19. The number of aryl methyl sites for hydroxylation is 2. The van der Waals surface area contributed by atoms with Gasteiger partial charge >= 0.3 is 0 Å². The fourth-order valence-electron chi connectivity index (χ4n) is 2.02. The summed E-state index contributed by atoms with van der Waals surface area (Å²) in [5.74, 6) is 1.04. The number of aromatic nitrogens is 2. The molecule has 0 bridgehead atoms. The zero-order chi connectivity index (χ0) is 13.0. The Bertz CT molecular complexity index is 580. The highest BCUT2D eigenvalue weighted by Crippen LogP contribution is 2.17. The first-order valence-corrected chi connectivity index (χ1v) is 6.19. The van der Waals surface area contributed by atoms with Crippen molar-refractivity contribution in [2.45, 2.75) is 19.8 Å². The predicted molar refractivity (Wildman–Crippen MR) is 70.2 cm³/mol. The standard InChI is InChI=1S/C14H17N3O/c1-3-18-8-4-5-14-16-12-9-11(10-15)6-7-13(12)17(14)2/h6-7,9H,3-5,8H2,1-2H3. The van der Waals surface area contributed by atoms with Crippen molar-refractivity contribution in [2.75, 3.05) is 13.2 Å². The molecule has 1 heterocycles. The summed E-state index contributed by atoms with van der Waals surface area (Å²) in [5, 5.41) is 8.87. The van der Waals surface area contributed by atoms with Crippen molar-refractivity contribution in [3.8, 4) is 6.07 Å². The van der Waals surface area contributed by atoms with Crippen LogP contribution >= 0.6 is 0 Å². The lowest BCUT2D eigenvalue weighted by molar-refractivity contribution is 0.144. The number of benzene rings is 1. The van der Waals surface area contributed by atoms with Crippen molar-refractivity contribution in [2.24, 2.45) is 7.05 Å². The van der Waals surface area contributed by atoms with E-state index in [0.29, 0.717) is 5.56 Å². The van der Waals surface area contributed by atoms with Gasteiger partial charge in [-0.25, -0.2) is 4.98 Å². The highest BCUT2D eigenvalue weighted by molar-refractivity contribution is 5.77. The summed E-state index contributed by atoms with van der Waals surface area (Å²) in [7, 11) is 2.01. The normalized spacial score (nSPS) is 10.7. The molecule has 2 rings (SSSR count). The van der Waals surface area contributed by atoms with Gasteiger partial charge in [-0.2, -0.15) is 5.26 Å². The summed E-state index contributed by atoms with van der Waals surface area (Å²) in [6.07, 6.45) is 1.86. The number of nitrogens with zero attached hydrogens (tertiary/aromatic N) is 3. The maximum atomic E-state index is 8.87. The average Bonchev–Trinajstić information content (AvgIpc) is 2.71. The number of rotatable bonds is 5. The average molecular weight is 243 g/mol. The zero-order valence-electron chi connectivity index (χ0n) is 10.8. The molecule has 0 N–H and O–H groups in total. The first-order valence-electron chi connectivity index (χ1n) is 6.19. The Hall–Kier alpha value is -1.86. The van der Waals surface area contributed by atoms with Crippen LogP contribution in [0.1, 0.15) is 24.7 Å². The van der Waals surface area contributed by atoms with E-state index in [1.807, 2.05) is 32.2 Å². The van der Waals surface area contributed by atoms with Crippen molar-refractivity contribution < 1.29 is 4.74 Å². The van der Waals surface area contributed by atoms with Crippen LogP contribution in [0.3, 0.4) is 0 Å². The molecule has 0 saturated heterocycles. The maximum Gasteiger partial charge on any atom is 0.109 e. The van der Waals surface area contributed by atoms with Gasteiger partial charge in [-0.15, -0.1) is 0 Å². The molecule has 0 amide bonds. The second-order valence-electron chi connectivity index (χ2n) is 4.20. The minimum absolute atomic E-state index is 0.654. The molecule has 4 nitrogen and oxygen atoms in total. The molecule has 4 heteroatoms. The minimum Gasteiger partial charge on any atom is -0.382 e. The second kappa shape index (κ2) is 5.65. The molecule has 0 spiro atoms. The van der Waals surface area contributed by atoms with Gasteiger partial charge < -0.3 is 9.30 Å². The van der Waals surface area contributed by atoms with Gasteiger partial charge in [0.15, 0.2) is 0 Å². The first kappa shape index (κ1) is 12.6. The van der Waals surface area contributed by atoms with Crippen LogP contribution in [0.15, 0.2) is 18.2 Å². The van der Waals surface area contributed by atoms with E-state index in [1.165, 1.54) is 0 Å². The topological polar surface area (TPSA) is 50.8 Å². The molecule has 18 heavy (non-hydrogen) atoms. The quantitative estimate of drug-likeness (QED) is 0.758. The summed E-state index contributed by atoms with van der Waals surface area (Å²) in [4.78, 5) is 4.57. The van der Waals surface area contributed by atoms with Crippen molar-refractivity contribution in [1.82, 2.24) is 9.55 Å². The largest absolute Gasteiger partial charge is 0.382 e. The van der Waals surface area contributed by atoms with E-state index in [-0.39, 0.29) is 0 Å². The molecule has 0 saturated carbocycles. The van der Waals surface area contributed by atoms with Gasteiger partial charge in [0.2, 0.25) is 0 Å². The van der Waals surface area contributed by atoms with E-state index < -0.39 is 0 Å². The zero-order valence-corrected chi connectivity index (χ0v) is 10.8. The number of hydrogen-bond acceptors (Lipinski definition) is 3. The van der Waals surface area contributed by atoms with Crippen molar-refractivity contribution in [1.29, 1.82) is 5.26 Å². The Kier molecular flexibility index (Phi) is 3.96. The van der Waals surface area contributed by atoms with Gasteiger partial charge in [0.25, 0.3) is 0 Å². The van der Waals surface area contributed by atoms with E-state index in [0.717, 1.165) is 42.9 Å². The molecule has 0 radical (unpaired) electrons. The molecule has 0 atom stereocenters. The van der Waals surface area contributed by atoms with Gasteiger partial charge in [-0.1, -0.05) is 0 Å². The second-order valence-corrected chi connectivity index (χ2v) is 4.20. The van der Waals surface area contributed by atoms with Crippen molar-refractivity contribution in [3.05, 3.63) is 29.6 Å². The Labute approximate surface area is 107 Å². The van der Waals surface area contributed by atoms with Crippen molar-refractivity contribution in [3.63, 3.8) is 0 Å². The number of imidazole rings is 1. The van der Waals surface area contributed by atoms with E-state index in [1.54, 1.807) is 0 Å². The number of nitriles is 1. The Morgan fingerprint density at radius 1 is 1.44 bits per heavy atom. The number of fused-ring (bicyclic) bond motifs is 1. The van der Waals surface area contributed by atoms with Crippen LogP contribution in [0.2, 0.25) is 0 Å². The molecule has 1 aromatic heterocycles. The SMILES string of the molecule is CCOCCCc1nc2cc(C#N)ccc2n1C. The summed E-state index contributed by atoms with van der Waals surface area (Å²) in [6.45, 7) is 3.52. The monoisotopic (exact) mass is 243 g/mol. The third-order valence-electron chi connectivity index (χ3n) is 3.00. The van der Waals surface area contributed by atoms with Crippen LogP contribution in [0, 0.1) is 11.3 Å². The van der Waals surface area contributed by atoms with Gasteiger partial charge in [0.1, 0.15) is 5.82 Å². The molecule has 0 aliphatic carbocycles. The third kappa shape index (κ3) is 2.52. The fourth-order valence-corrected chi connectivity index (χ4v) is 2.02. The molecule has 0 aliphatic rings.